The molecule has 0 radical (unpaired) electrons. The van der Waals surface area contributed by atoms with Crippen LogP contribution in [0.3, 0.4) is 0 Å². The molecule has 8 heteroatoms. The number of hydrogen-bond donors (Lipinski definition) is 2. The first kappa shape index (κ1) is 14.7. The lowest BCUT2D eigenvalue weighted by Gasteiger charge is -2.16. The summed E-state index contributed by atoms with van der Waals surface area (Å²) in [6, 6.07) is 5.94. The molecule has 1 unspecified atom stereocenters. The summed E-state index contributed by atoms with van der Waals surface area (Å²) in [7, 11) is 0. The number of amides is 1. The van der Waals surface area contributed by atoms with Crippen molar-refractivity contribution >= 4 is 22.5 Å². The maximum atomic E-state index is 11.6. The minimum Gasteiger partial charge on any atom is -0.478 e. The van der Waals surface area contributed by atoms with Crippen molar-refractivity contribution in [1.82, 2.24) is 10.4 Å². The molecular weight excluding hydrogens is 276 g/mol. The van der Waals surface area contributed by atoms with Crippen LogP contribution < -0.4 is 16.0 Å². The molecule has 1 atom stereocenters. The smallest absolute Gasteiger partial charge is 0.279 e. The van der Waals surface area contributed by atoms with E-state index in [-0.39, 0.29) is 5.69 Å². The summed E-state index contributed by atoms with van der Waals surface area (Å²) < 4.78 is 5.59. The predicted molar refractivity (Wildman–Crippen MR) is 75.4 cm³/mol. The zero-order chi connectivity index (χ0) is 15.4. The van der Waals surface area contributed by atoms with Crippen molar-refractivity contribution in [2.75, 3.05) is 0 Å². The molecule has 110 valence electrons. The van der Waals surface area contributed by atoms with Crippen LogP contribution in [0.5, 0.6) is 5.75 Å². The van der Waals surface area contributed by atoms with E-state index in [4.69, 9.17) is 10.6 Å². The molecular formula is C13H14N4O4. The van der Waals surface area contributed by atoms with Gasteiger partial charge in [0.2, 0.25) is 0 Å². The standard InChI is InChI=1S/C13H14N4O4/c1-2-10(13(18)16-14)21-11-6-5-9(17(19)20)8-4-3-7-15-12(8)11/h3-7,10H,2,14H2,1H3,(H,16,18). The zero-order valence-corrected chi connectivity index (χ0v) is 11.3. The molecule has 0 saturated carbocycles. The third kappa shape index (κ3) is 2.90. The molecule has 1 heterocycles. The van der Waals surface area contributed by atoms with E-state index in [0.717, 1.165) is 0 Å². The number of benzene rings is 1. The van der Waals surface area contributed by atoms with Crippen LogP contribution in [0, 0.1) is 10.1 Å². The molecule has 0 aliphatic carbocycles. The third-order valence-corrected chi connectivity index (χ3v) is 2.98. The van der Waals surface area contributed by atoms with Gasteiger partial charge in [-0.15, -0.1) is 0 Å². The van der Waals surface area contributed by atoms with E-state index in [1.165, 1.54) is 18.3 Å². The molecule has 0 bridgehead atoms. The number of hydrazine groups is 1. The molecule has 0 fully saturated rings. The van der Waals surface area contributed by atoms with Gasteiger partial charge in [0.15, 0.2) is 6.10 Å². The first-order valence-corrected chi connectivity index (χ1v) is 6.27. The number of rotatable bonds is 5. The average Bonchev–Trinajstić information content (AvgIpc) is 2.51. The van der Waals surface area contributed by atoms with Gasteiger partial charge >= 0.3 is 0 Å². The molecule has 3 N–H and O–H groups in total. The molecule has 0 aliphatic rings. The molecule has 1 aromatic heterocycles. The van der Waals surface area contributed by atoms with Gasteiger partial charge in [-0.2, -0.15) is 0 Å². The van der Waals surface area contributed by atoms with Crippen LogP contribution in [0.2, 0.25) is 0 Å². The van der Waals surface area contributed by atoms with E-state index in [1.807, 2.05) is 5.43 Å². The molecule has 2 aromatic rings. The van der Waals surface area contributed by atoms with Gasteiger partial charge in [-0.25, -0.2) is 5.84 Å². The minimum atomic E-state index is -0.790. The molecule has 21 heavy (non-hydrogen) atoms. The number of nitro groups is 1. The third-order valence-electron chi connectivity index (χ3n) is 2.98. The number of nitrogens with one attached hydrogen (secondary N) is 1. The number of nitrogens with zero attached hydrogens (tertiary/aromatic N) is 2. The summed E-state index contributed by atoms with van der Waals surface area (Å²) in [5, 5.41) is 11.4. The van der Waals surface area contributed by atoms with E-state index in [0.29, 0.717) is 23.1 Å². The maximum absolute atomic E-state index is 11.6. The molecule has 1 aromatic carbocycles. The Hall–Kier alpha value is -2.74. The predicted octanol–water partition coefficient (Wildman–Crippen LogP) is 1.29. The average molecular weight is 290 g/mol. The quantitative estimate of drug-likeness (QED) is 0.370. The van der Waals surface area contributed by atoms with Crippen LogP contribution in [0.4, 0.5) is 5.69 Å². The number of aromatic nitrogens is 1. The van der Waals surface area contributed by atoms with Crippen LogP contribution in [0.1, 0.15) is 13.3 Å². The summed E-state index contributed by atoms with van der Waals surface area (Å²) in [4.78, 5) is 26.2. The monoisotopic (exact) mass is 290 g/mol. The van der Waals surface area contributed by atoms with E-state index in [2.05, 4.69) is 4.98 Å². The lowest BCUT2D eigenvalue weighted by Crippen LogP contribution is -2.41. The molecule has 1 amide bonds. The van der Waals surface area contributed by atoms with Crippen molar-refractivity contribution in [1.29, 1.82) is 0 Å². The van der Waals surface area contributed by atoms with Crippen molar-refractivity contribution < 1.29 is 14.5 Å². The number of carbonyl (C=O) groups is 1. The second kappa shape index (κ2) is 6.14. The largest absolute Gasteiger partial charge is 0.478 e. The normalized spacial score (nSPS) is 11.9. The lowest BCUT2D eigenvalue weighted by atomic mass is 10.1. The van der Waals surface area contributed by atoms with E-state index in [9.17, 15) is 14.9 Å². The second-order valence-corrected chi connectivity index (χ2v) is 4.26. The molecule has 0 aliphatic heterocycles. The zero-order valence-electron chi connectivity index (χ0n) is 11.3. The topological polar surface area (TPSA) is 120 Å². The lowest BCUT2D eigenvalue weighted by molar-refractivity contribution is -0.383. The number of pyridine rings is 1. The maximum Gasteiger partial charge on any atom is 0.279 e. The fourth-order valence-corrected chi connectivity index (χ4v) is 1.95. The highest BCUT2D eigenvalue weighted by atomic mass is 16.6. The SMILES string of the molecule is CCC(Oc1ccc([N+](=O)[O-])c2cccnc12)C(=O)NN. The Morgan fingerprint density at radius 2 is 2.29 bits per heavy atom. The Bertz CT molecular complexity index is 689. The summed E-state index contributed by atoms with van der Waals surface area (Å²) in [5.74, 6) is 4.92. The Morgan fingerprint density at radius 3 is 2.90 bits per heavy atom. The van der Waals surface area contributed by atoms with Crippen LogP contribution in [-0.4, -0.2) is 21.9 Å². The van der Waals surface area contributed by atoms with Gasteiger partial charge in [0, 0.05) is 12.3 Å². The summed E-state index contributed by atoms with van der Waals surface area (Å²) in [6.07, 6.45) is 1.11. The van der Waals surface area contributed by atoms with Crippen molar-refractivity contribution in [3.8, 4) is 5.75 Å². The first-order chi connectivity index (χ1) is 10.1. The molecule has 0 saturated heterocycles. The van der Waals surface area contributed by atoms with Gasteiger partial charge in [-0.05, 0) is 24.6 Å². The van der Waals surface area contributed by atoms with Crippen molar-refractivity contribution in [2.45, 2.75) is 19.4 Å². The van der Waals surface area contributed by atoms with Crippen LogP contribution in [-0.2, 0) is 4.79 Å². The fourth-order valence-electron chi connectivity index (χ4n) is 1.95. The van der Waals surface area contributed by atoms with Gasteiger partial charge in [0.05, 0.1) is 10.3 Å². The second-order valence-electron chi connectivity index (χ2n) is 4.26. The Morgan fingerprint density at radius 1 is 1.52 bits per heavy atom. The van der Waals surface area contributed by atoms with E-state index < -0.39 is 16.9 Å². The van der Waals surface area contributed by atoms with Gasteiger partial charge < -0.3 is 4.74 Å². The molecule has 0 spiro atoms. The molecule has 2 rings (SSSR count). The minimum absolute atomic E-state index is 0.0678. The van der Waals surface area contributed by atoms with Crippen molar-refractivity contribution in [3.05, 3.63) is 40.6 Å². The van der Waals surface area contributed by atoms with Crippen molar-refractivity contribution in [3.63, 3.8) is 0 Å². The number of carbonyl (C=O) groups excluding carboxylic acids is 1. The van der Waals surface area contributed by atoms with Crippen LogP contribution >= 0.6 is 0 Å². The Labute approximate surface area is 120 Å². The Kier molecular flexibility index (Phi) is 4.29. The first-order valence-electron chi connectivity index (χ1n) is 6.27. The van der Waals surface area contributed by atoms with E-state index in [1.54, 1.807) is 19.1 Å². The summed E-state index contributed by atoms with van der Waals surface area (Å²) >= 11 is 0. The van der Waals surface area contributed by atoms with Gasteiger partial charge in [0.1, 0.15) is 11.3 Å². The summed E-state index contributed by atoms with van der Waals surface area (Å²) in [6.45, 7) is 1.76. The number of non-ortho nitro benzene ring substituents is 1. The number of ether oxygens (including phenoxy) is 1. The Balaban J connectivity index is 2.48. The number of fused-ring (bicyclic) bond motifs is 1. The van der Waals surface area contributed by atoms with Crippen LogP contribution in [0.25, 0.3) is 10.9 Å². The highest BCUT2D eigenvalue weighted by Gasteiger charge is 2.21. The number of hydrogen-bond acceptors (Lipinski definition) is 6. The number of nitro benzene ring substituents is 1. The van der Waals surface area contributed by atoms with Gasteiger partial charge in [0.25, 0.3) is 11.6 Å². The highest BCUT2D eigenvalue weighted by Crippen LogP contribution is 2.31. The van der Waals surface area contributed by atoms with Gasteiger partial charge in [-0.3, -0.25) is 25.3 Å². The van der Waals surface area contributed by atoms with E-state index >= 15 is 0 Å². The number of nitrogens with two attached hydrogens (primary N) is 1. The van der Waals surface area contributed by atoms with Gasteiger partial charge in [-0.1, -0.05) is 6.92 Å². The summed E-state index contributed by atoms with van der Waals surface area (Å²) in [5.41, 5.74) is 2.28. The van der Waals surface area contributed by atoms with Crippen LogP contribution in [0.15, 0.2) is 30.5 Å². The highest BCUT2D eigenvalue weighted by molar-refractivity contribution is 5.92. The molecule has 8 nitrogen and oxygen atoms in total. The van der Waals surface area contributed by atoms with Crippen molar-refractivity contribution in [2.24, 2.45) is 5.84 Å². The fraction of sp³-hybridized carbons (Fsp3) is 0.231.